The van der Waals surface area contributed by atoms with Crippen molar-refractivity contribution < 1.29 is 9.47 Å². The Kier molecular flexibility index (Phi) is 5.88. The highest BCUT2D eigenvalue weighted by molar-refractivity contribution is 9.11. The average Bonchev–Trinajstić information content (AvgIpc) is 2.85. The van der Waals surface area contributed by atoms with Gasteiger partial charge in [0, 0.05) is 18.0 Å². The first-order chi connectivity index (χ1) is 9.72. The van der Waals surface area contributed by atoms with Crippen molar-refractivity contribution in [2.45, 2.75) is 20.0 Å². The summed E-state index contributed by atoms with van der Waals surface area (Å²) in [7, 11) is 1.66. The van der Waals surface area contributed by atoms with Gasteiger partial charge in [0.15, 0.2) is 11.5 Å². The highest BCUT2D eigenvalue weighted by Gasteiger charge is 2.05. The lowest BCUT2D eigenvalue weighted by Crippen LogP contribution is -2.11. The van der Waals surface area contributed by atoms with Gasteiger partial charge >= 0.3 is 0 Å². The summed E-state index contributed by atoms with van der Waals surface area (Å²) in [5.74, 6) is 1.57. The number of ether oxygens (including phenoxy) is 2. The number of benzene rings is 1. The molecule has 0 spiro atoms. The lowest BCUT2D eigenvalue weighted by atomic mass is 10.2. The van der Waals surface area contributed by atoms with Crippen LogP contribution in [0, 0.1) is 0 Å². The van der Waals surface area contributed by atoms with E-state index in [1.54, 1.807) is 18.4 Å². The molecule has 5 heteroatoms. The molecule has 2 rings (SSSR count). The predicted molar refractivity (Wildman–Crippen MR) is 86.7 cm³/mol. The lowest BCUT2D eigenvalue weighted by molar-refractivity contribution is 0.310. The Morgan fingerprint density at radius 3 is 2.65 bits per heavy atom. The lowest BCUT2D eigenvalue weighted by Gasteiger charge is -2.11. The largest absolute Gasteiger partial charge is 0.493 e. The Morgan fingerprint density at radius 2 is 2.00 bits per heavy atom. The van der Waals surface area contributed by atoms with Gasteiger partial charge in [-0.25, -0.2) is 0 Å². The van der Waals surface area contributed by atoms with Gasteiger partial charge in [-0.05, 0) is 52.7 Å². The highest BCUT2D eigenvalue weighted by Crippen LogP contribution is 2.28. The van der Waals surface area contributed by atoms with Crippen LogP contribution in [0.2, 0.25) is 0 Å². The third-order valence-electron chi connectivity index (χ3n) is 2.79. The SMILES string of the molecule is CCOc1cc(CNCc2ccc(Br)s2)ccc1OC. The number of methoxy groups -OCH3 is 1. The van der Waals surface area contributed by atoms with E-state index in [2.05, 4.69) is 39.4 Å². The van der Waals surface area contributed by atoms with E-state index in [-0.39, 0.29) is 0 Å². The van der Waals surface area contributed by atoms with Gasteiger partial charge in [-0.3, -0.25) is 0 Å². The minimum Gasteiger partial charge on any atom is -0.493 e. The van der Waals surface area contributed by atoms with E-state index in [9.17, 15) is 0 Å². The van der Waals surface area contributed by atoms with E-state index in [4.69, 9.17) is 9.47 Å². The maximum absolute atomic E-state index is 5.58. The van der Waals surface area contributed by atoms with Crippen LogP contribution in [0.3, 0.4) is 0 Å². The molecule has 1 N–H and O–H groups in total. The van der Waals surface area contributed by atoms with Crippen molar-refractivity contribution in [1.82, 2.24) is 5.32 Å². The van der Waals surface area contributed by atoms with E-state index < -0.39 is 0 Å². The first-order valence-electron chi connectivity index (χ1n) is 6.47. The summed E-state index contributed by atoms with van der Waals surface area (Å²) >= 11 is 5.22. The molecule has 1 aromatic heterocycles. The van der Waals surface area contributed by atoms with E-state index in [1.165, 1.54) is 10.4 Å². The molecule has 0 unspecified atom stereocenters. The minimum absolute atomic E-state index is 0.635. The second-order valence-corrected chi connectivity index (χ2v) is 6.78. The second-order valence-electron chi connectivity index (χ2n) is 4.23. The molecule has 0 saturated carbocycles. The molecule has 1 aromatic carbocycles. The zero-order chi connectivity index (χ0) is 14.4. The van der Waals surface area contributed by atoms with Crippen LogP contribution in [-0.4, -0.2) is 13.7 Å². The number of rotatable bonds is 7. The predicted octanol–water partition coefficient (Wildman–Crippen LogP) is 4.21. The summed E-state index contributed by atoms with van der Waals surface area (Å²) in [5.41, 5.74) is 1.19. The fourth-order valence-corrected chi connectivity index (χ4v) is 3.33. The number of hydrogen-bond acceptors (Lipinski definition) is 4. The van der Waals surface area contributed by atoms with Crippen LogP contribution < -0.4 is 14.8 Å². The first-order valence-corrected chi connectivity index (χ1v) is 8.08. The topological polar surface area (TPSA) is 30.5 Å². The van der Waals surface area contributed by atoms with E-state index >= 15 is 0 Å². The van der Waals surface area contributed by atoms with Crippen molar-refractivity contribution in [2.75, 3.05) is 13.7 Å². The van der Waals surface area contributed by atoms with Crippen LogP contribution in [0.5, 0.6) is 11.5 Å². The molecule has 1 heterocycles. The number of halogens is 1. The summed E-state index contributed by atoms with van der Waals surface area (Å²) in [4.78, 5) is 1.32. The van der Waals surface area contributed by atoms with E-state index in [0.717, 1.165) is 28.4 Å². The van der Waals surface area contributed by atoms with Gasteiger partial charge in [0.1, 0.15) is 0 Å². The van der Waals surface area contributed by atoms with E-state index in [1.807, 2.05) is 19.1 Å². The van der Waals surface area contributed by atoms with Crippen molar-refractivity contribution in [3.63, 3.8) is 0 Å². The third kappa shape index (κ3) is 4.23. The Labute approximate surface area is 132 Å². The maximum atomic E-state index is 5.58. The Morgan fingerprint density at radius 1 is 1.15 bits per heavy atom. The van der Waals surface area contributed by atoms with Crippen molar-refractivity contribution in [2.24, 2.45) is 0 Å². The van der Waals surface area contributed by atoms with Crippen LogP contribution in [0.25, 0.3) is 0 Å². The molecule has 0 amide bonds. The average molecular weight is 356 g/mol. The van der Waals surface area contributed by atoms with Gasteiger partial charge in [0.25, 0.3) is 0 Å². The van der Waals surface area contributed by atoms with Crippen molar-refractivity contribution in [3.05, 3.63) is 44.6 Å². The van der Waals surface area contributed by atoms with Gasteiger partial charge in [-0.15, -0.1) is 11.3 Å². The molecule has 108 valence electrons. The first kappa shape index (κ1) is 15.4. The minimum atomic E-state index is 0.635. The molecule has 3 nitrogen and oxygen atoms in total. The molecule has 0 saturated heterocycles. The van der Waals surface area contributed by atoms with Gasteiger partial charge in [0.05, 0.1) is 17.5 Å². The number of hydrogen-bond donors (Lipinski definition) is 1. The molecule has 0 atom stereocenters. The van der Waals surface area contributed by atoms with Gasteiger partial charge in [-0.1, -0.05) is 6.07 Å². The van der Waals surface area contributed by atoms with Crippen LogP contribution in [0.4, 0.5) is 0 Å². The van der Waals surface area contributed by atoms with Gasteiger partial charge in [-0.2, -0.15) is 0 Å². The third-order valence-corrected chi connectivity index (χ3v) is 4.41. The molecule has 0 aliphatic rings. The molecule has 0 bridgehead atoms. The zero-order valence-corrected chi connectivity index (χ0v) is 14.0. The monoisotopic (exact) mass is 355 g/mol. The molecule has 0 aliphatic heterocycles. The Bertz CT molecular complexity index is 557. The number of nitrogens with one attached hydrogen (secondary N) is 1. The summed E-state index contributed by atoms with van der Waals surface area (Å²) in [6.07, 6.45) is 0. The normalized spacial score (nSPS) is 10.6. The van der Waals surface area contributed by atoms with Crippen LogP contribution in [0.15, 0.2) is 34.1 Å². The quantitative estimate of drug-likeness (QED) is 0.806. The zero-order valence-electron chi connectivity index (χ0n) is 11.6. The summed E-state index contributed by atoms with van der Waals surface area (Å²) in [6, 6.07) is 10.2. The standard InChI is InChI=1S/C15H18BrNO2S/c1-3-19-14-8-11(4-6-13(14)18-2)9-17-10-12-5-7-15(16)20-12/h4-8,17H,3,9-10H2,1-2H3. The smallest absolute Gasteiger partial charge is 0.161 e. The fraction of sp³-hybridized carbons (Fsp3) is 0.333. The van der Waals surface area contributed by atoms with Crippen molar-refractivity contribution in [1.29, 1.82) is 0 Å². The summed E-state index contributed by atoms with van der Waals surface area (Å²) in [6.45, 7) is 4.28. The van der Waals surface area contributed by atoms with Crippen molar-refractivity contribution >= 4 is 27.3 Å². The summed E-state index contributed by atoms with van der Waals surface area (Å²) in [5, 5.41) is 3.43. The molecule has 0 aliphatic carbocycles. The molecule has 0 radical (unpaired) electrons. The maximum Gasteiger partial charge on any atom is 0.161 e. The molecule has 2 aromatic rings. The fourth-order valence-electron chi connectivity index (χ4n) is 1.88. The molecular formula is C15H18BrNO2S. The van der Waals surface area contributed by atoms with E-state index in [0.29, 0.717) is 6.61 Å². The molecule has 20 heavy (non-hydrogen) atoms. The highest BCUT2D eigenvalue weighted by atomic mass is 79.9. The molecule has 0 fully saturated rings. The van der Waals surface area contributed by atoms with Crippen molar-refractivity contribution in [3.8, 4) is 11.5 Å². The van der Waals surface area contributed by atoms with Crippen LogP contribution in [0.1, 0.15) is 17.4 Å². The van der Waals surface area contributed by atoms with Gasteiger partial charge < -0.3 is 14.8 Å². The number of thiophene rings is 1. The second kappa shape index (κ2) is 7.67. The van der Waals surface area contributed by atoms with Crippen LogP contribution in [-0.2, 0) is 13.1 Å². The molecular weight excluding hydrogens is 338 g/mol. The Hall–Kier alpha value is -1.04. The van der Waals surface area contributed by atoms with Crippen LogP contribution >= 0.6 is 27.3 Å². The summed E-state index contributed by atoms with van der Waals surface area (Å²) < 4.78 is 12.0. The Balaban J connectivity index is 1.93. The van der Waals surface area contributed by atoms with Gasteiger partial charge in [0.2, 0.25) is 0 Å².